The Morgan fingerprint density at radius 1 is 1.11 bits per heavy atom. The second-order valence-electron chi connectivity index (χ2n) is 4.22. The molecule has 3 heteroatoms. The van der Waals surface area contributed by atoms with E-state index in [1.165, 1.54) is 11.0 Å². The number of nitrogens with zero attached hydrogens (tertiary/aromatic N) is 1. The highest BCUT2D eigenvalue weighted by Gasteiger charge is 2.16. The smallest absolute Gasteiger partial charge is 0.261 e. The second kappa shape index (κ2) is 4.92. The number of aromatic hydroxyl groups is 1. The summed E-state index contributed by atoms with van der Waals surface area (Å²) in [5.74, 6) is -0.222. The van der Waals surface area contributed by atoms with Gasteiger partial charge in [0.25, 0.3) is 5.91 Å². The molecule has 0 aliphatic rings. The summed E-state index contributed by atoms with van der Waals surface area (Å²) in [5.41, 5.74) is 2.20. The van der Waals surface area contributed by atoms with E-state index < -0.39 is 0 Å². The minimum absolute atomic E-state index is 0.00185. The molecule has 0 aliphatic carbocycles. The van der Waals surface area contributed by atoms with E-state index in [9.17, 15) is 9.90 Å². The number of amides is 1. The summed E-state index contributed by atoms with van der Waals surface area (Å²) in [6, 6.07) is 14.2. The minimum Gasteiger partial charge on any atom is -0.507 e. The van der Waals surface area contributed by atoms with Crippen molar-refractivity contribution in [3.05, 3.63) is 59.7 Å². The summed E-state index contributed by atoms with van der Waals surface area (Å²) >= 11 is 0. The largest absolute Gasteiger partial charge is 0.507 e. The van der Waals surface area contributed by atoms with Crippen LogP contribution in [0.1, 0.15) is 15.9 Å². The maximum atomic E-state index is 12.2. The monoisotopic (exact) mass is 241 g/mol. The lowest BCUT2D eigenvalue weighted by molar-refractivity contribution is 0.0990. The molecule has 0 heterocycles. The molecular formula is C15H15NO2. The van der Waals surface area contributed by atoms with Crippen LogP contribution in [0.5, 0.6) is 5.75 Å². The van der Waals surface area contributed by atoms with Crippen molar-refractivity contribution in [3.63, 3.8) is 0 Å². The number of hydrogen-bond donors (Lipinski definition) is 1. The van der Waals surface area contributed by atoms with Gasteiger partial charge in [-0.05, 0) is 36.8 Å². The topological polar surface area (TPSA) is 40.5 Å². The Kier molecular flexibility index (Phi) is 3.33. The van der Waals surface area contributed by atoms with Crippen LogP contribution in [-0.4, -0.2) is 18.1 Å². The molecule has 1 amide bonds. The quantitative estimate of drug-likeness (QED) is 0.878. The van der Waals surface area contributed by atoms with E-state index in [-0.39, 0.29) is 11.7 Å². The van der Waals surface area contributed by atoms with E-state index in [1.54, 1.807) is 25.2 Å². The molecule has 18 heavy (non-hydrogen) atoms. The van der Waals surface area contributed by atoms with Crippen LogP contribution in [-0.2, 0) is 0 Å². The summed E-state index contributed by atoms with van der Waals surface area (Å²) in [6.45, 7) is 1.97. The van der Waals surface area contributed by atoms with Crippen LogP contribution in [0.25, 0.3) is 0 Å². The molecular weight excluding hydrogens is 226 g/mol. The number of phenolic OH excluding ortho intramolecular Hbond substituents is 1. The Morgan fingerprint density at radius 2 is 1.83 bits per heavy atom. The number of rotatable bonds is 2. The number of anilines is 1. The van der Waals surface area contributed by atoms with Crippen molar-refractivity contribution in [1.82, 2.24) is 0 Å². The van der Waals surface area contributed by atoms with Crippen LogP contribution in [0.2, 0.25) is 0 Å². The average molecular weight is 241 g/mol. The van der Waals surface area contributed by atoms with Crippen LogP contribution in [0, 0.1) is 6.92 Å². The van der Waals surface area contributed by atoms with Gasteiger partial charge in [0.15, 0.2) is 0 Å². The Balaban J connectivity index is 2.32. The molecule has 0 aromatic heterocycles. The van der Waals surface area contributed by atoms with Gasteiger partial charge in [0, 0.05) is 12.7 Å². The molecule has 2 aromatic rings. The van der Waals surface area contributed by atoms with Crippen molar-refractivity contribution in [1.29, 1.82) is 0 Å². The van der Waals surface area contributed by atoms with Crippen molar-refractivity contribution in [2.75, 3.05) is 11.9 Å². The molecule has 0 saturated heterocycles. The molecule has 0 spiro atoms. The van der Waals surface area contributed by atoms with Crippen LogP contribution < -0.4 is 4.90 Å². The number of para-hydroxylation sites is 1. The Morgan fingerprint density at radius 3 is 2.50 bits per heavy atom. The number of aryl methyl sites for hydroxylation is 1. The third-order valence-corrected chi connectivity index (χ3v) is 2.83. The minimum atomic E-state index is -0.223. The van der Waals surface area contributed by atoms with Gasteiger partial charge in [0.2, 0.25) is 0 Å². The summed E-state index contributed by atoms with van der Waals surface area (Å²) < 4.78 is 0. The first-order chi connectivity index (χ1) is 8.59. The fraction of sp³-hybridized carbons (Fsp3) is 0.133. The van der Waals surface area contributed by atoms with Gasteiger partial charge in [0.1, 0.15) is 5.75 Å². The number of hydrogen-bond acceptors (Lipinski definition) is 2. The fourth-order valence-electron chi connectivity index (χ4n) is 1.79. The van der Waals surface area contributed by atoms with Gasteiger partial charge in [-0.3, -0.25) is 4.79 Å². The molecule has 0 unspecified atom stereocenters. The lowest BCUT2D eigenvalue weighted by atomic mass is 10.1. The Bertz CT molecular complexity index is 578. The molecule has 0 atom stereocenters. The first-order valence-corrected chi connectivity index (χ1v) is 5.72. The number of carbonyl (C=O) groups is 1. The van der Waals surface area contributed by atoms with E-state index in [0.29, 0.717) is 5.56 Å². The standard InChI is InChI=1S/C15H15NO2/c1-11-6-5-7-12(10-11)16(2)15(18)13-8-3-4-9-14(13)17/h3-10,17H,1-2H3. The highest BCUT2D eigenvalue weighted by Crippen LogP contribution is 2.21. The van der Waals surface area contributed by atoms with Crippen molar-refractivity contribution < 1.29 is 9.90 Å². The lowest BCUT2D eigenvalue weighted by Crippen LogP contribution is -2.26. The molecule has 3 nitrogen and oxygen atoms in total. The van der Waals surface area contributed by atoms with Crippen molar-refractivity contribution in [3.8, 4) is 5.75 Å². The van der Waals surface area contributed by atoms with Crippen LogP contribution >= 0.6 is 0 Å². The lowest BCUT2D eigenvalue weighted by Gasteiger charge is -2.18. The third kappa shape index (κ3) is 2.35. The maximum absolute atomic E-state index is 12.2. The Labute approximate surface area is 106 Å². The predicted octanol–water partition coefficient (Wildman–Crippen LogP) is 2.98. The molecule has 0 bridgehead atoms. The van der Waals surface area contributed by atoms with Gasteiger partial charge in [-0.25, -0.2) is 0 Å². The number of benzene rings is 2. The first-order valence-electron chi connectivity index (χ1n) is 5.72. The van der Waals surface area contributed by atoms with E-state index in [4.69, 9.17) is 0 Å². The van der Waals surface area contributed by atoms with Gasteiger partial charge >= 0.3 is 0 Å². The second-order valence-corrected chi connectivity index (χ2v) is 4.22. The fourth-order valence-corrected chi connectivity index (χ4v) is 1.79. The Hall–Kier alpha value is -2.29. The average Bonchev–Trinajstić information content (AvgIpc) is 2.37. The molecule has 0 aliphatic heterocycles. The van der Waals surface area contributed by atoms with Crippen LogP contribution in [0.15, 0.2) is 48.5 Å². The first kappa shape index (κ1) is 12.2. The predicted molar refractivity (Wildman–Crippen MR) is 72.0 cm³/mol. The maximum Gasteiger partial charge on any atom is 0.261 e. The van der Waals surface area contributed by atoms with Gasteiger partial charge in [-0.15, -0.1) is 0 Å². The van der Waals surface area contributed by atoms with E-state index in [0.717, 1.165) is 11.3 Å². The zero-order chi connectivity index (χ0) is 13.1. The molecule has 1 N–H and O–H groups in total. The van der Waals surface area contributed by atoms with E-state index in [1.807, 2.05) is 31.2 Å². The number of phenols is 1. The van der Waals surface area contributed by atoms with Crippen LogP contribution in [0.4, 0.5) is 5.69 Å². The summed E-state index contributed by atoms with van der Waals surface area (Å²) in [5, 5.41) is 9.68. The molecule has 0 fully saturated rings. The molecule has 92 valence electrons. The zero-order valence-electron chi connectivity index (χ0n) is 10.4. The van der Waals surface area contributed by atoms with Gasteiger partial charge in [-0.1, -0.05) is 24.3 Å². The van der Waals surface area contributed by atoms with Gasteiger partial charge in [-0.2, -0.15) is 0 Å². The molecule has 2 rings (SSSR count). The van der Waals surface area contributed by atoms with Crippen LogP contribution in [0.3, 0.4) is 0 Å². The number of carbonyl (C=O) groups excluding carboxylic acids is 1. The summed E-state index contributed by atoms with van der Waals surface area (Å²) in [6.07, 6.45) is 0. The normalized spacial score (nSPS) is 10.1. The van der Waals surface area contributed by atoms with Crippen molar-refractivity contribution >= 4 is 11.6 Å². The van der Waals surface area contributed by atoms with E-state index in [2.05, 4.69) is 0 Å². The molecule has 0 saturated carbocycles. The molecule has 2 aromatic carbocycles. The highest BCUT2D eigenvalue weighted by molar-refractivity contribution is 6.07. The summed E-state index contributed by atoms with van der Waals surface area (Å²) in [7, 11) is 1.70. The van der Waals surface area contributed by atoms with E-state index >= 15 is 0 Å². The SMILES string of the molecule is Cc1cccc(N(C)C(=O)c2ccccc2O)c1. The third-order valence-electron chi connectivity index (χ3n) is 2.83. The van der Waals surface area contributed by atoms with Gasteiger partial charge < -0.3 is 10.0 Å². The highest BCUT2D eigenvalue weighted by atomic mass is 16.3. The van der Waals surface area contributed by atoms with Gasteiger partial charge in [0.05, 0.1) is 5.56 Å². The van der Waals surface area contributed by atoms with Crippen molar-refractivity contribution in [2.24, 2.45) is 0 Å². The zero-order valence-corrected chi connectivity index (χ0v) is 10.4. The summed E-state index contributed by atoms with van der Waals surface area (Å²) in [4.78, 5) is 13.8. The molecule has 0 radical (unpaired) electrons. The van der Waals surface area contributed by atoms with Crippen molar-refractivity contribution in [2.45, 2.75) is 6.92 Å².